The summed E-state index contributed by atoms with van der Waals surface area (Å²) in [5.41, 5.74) is 0. The van der Waals surface area contributed by atoms with E-state index in [0.717, 1.165) is 0 Å². The fourth-order valence-corrected chi connectivity index (χ4v) is 1.20. The Bertz CT molecular complexity index is 294. The fraction of sp³-hybridized carbons (Fsp3) is 0.818. The first-order valence-electron chi connectivity index (χ1n) is 5.86. The number of ether oxygens (including phenoxy) is 1. The number of rotatable bonds is 9. The molecule has 0 fully saturated rings. The Labute approximate surface area is 109 Å². The third-order valence-corrected chi connectivity index (χ3v) is 2.30. The van der Waals surface area contributed by atoms with Crippen molar-refractivity contribution in [2.75, 3.05) is 19.8 Å². The highest BCUT2D eigenvalue weighted by Gasteiger charge is 2.27. The molecule has 0 saturated heterocycles. The van der Waals surface area contributed by atoms with Gasteiger partial charge in [-0.25, -0.2) is 0 Å². The lowest BCUT2D eigenvalue weighted by Crippen LogP contribution is -2.27. The number of aliphatic carboxylic acids is 1. The summed E-state index contributed by atoms with van der Waals surface area (Å²) in [6, 6.07) is 0. The minimum Gasteiger partial charge on any atom is -0.481 e. The molecule has 19 heavy (non-hydrogen) atoms. The molecule has 1 atom stereocenters. The zero-order valence-electron chi connectivity index (χ0n) is 10.6. The number of halogens is 3. The van der Waals surface area contributed by atoms with Gasteiger partial charge in [0.1, 0.15) is 6.61 Å². The second-order valence-corrected chi connectivity index (χ2v) is 4.15. The summed E-state index contributed by atoms with van der Waals surface area (Å²) in [5.74, 6) is -1.79. The molecule has 0 radical (unpaired) electrons. The molecule has 1 unspecified atom stereocenters. The van der Waals surface area contributed by atoms with E-state index in [0.29, 0.717) is 19.4 Å². The van der Waals surface area contributed by atoms with E-state index in [4.69, 9.17) is 5.11 Å². The first-order chi connectivity index (χ1) is 8.72. The highest BCUT2D eigenvalue weighted by molar-refractivity contribution is 5.75. The van der Waals surface area contributed by atoms with Crippen LogP contribution in [0, 0.1) is 5.92 Å². The molecule has 2 N–H and O–H groups in total. The average Bonchev–Trinajstić information content (AvgIpc) is 2.28. The zero-order valence-corrected chi connectivity index (χ0v) is 10.6. The first kappa shape index (κ1) is 17.7. The van der Waals surface area contributed by atoms with Gasteiger partial charge in [-0.3, -0.25) is 9.59 Å². The van der Waals surface area contributed by atoms with Crippen LogP contribution in [0.3, 0.4) is 0 Å². The van der Waals surface area contributed by atoms with E-state index in [2.05, 4.69) is 10.1 Å². The van der Waals surface area contributed by atoms with E-state index < -0.39 is 30.6 Å². The fourth-order valence-electron chi connectivity index (χ4n) is 1.20. The minimum atomic E-state index is -4.39. The molecule has 0 aliphatic carbocycles. The van der Waals surface area contributed by atoms with Crippen LogP contribution < -0.4 is 5.32 Å². The number of hydrogen-bond donors (Lipinski definition) is 2. The maximum absolute atomic E-state index is 11.7. The molecule has 0 saturated carbocycles. The second-order valence-electron chi connectivity index (χ2n) is 4.15. The van der Waals surface area contributed by atoms with E-state index in [1.165, 1.54) is 0 Å². The van der Waals surface area contributed by atoms with Crippen molar-refractivity contribution in [3.05, 3.63) is 0 Å². The Morgan fingerprint density at radius 1 is 1.37 bits per heavy atom. The molecular weight excluding hydrogens is 267 g/mol. The third kappa shape index (κ3) is 11.5. The summed E-state index contributed by atoms with van der Waals surface area (Å²) < 4.78 is 39.4. The predicted octanol–water partition coefficient (Wildman–Crippen LogP) is 1.57. The second kappa shape index (κ2) is 8.73. The number of nitrogens with one attached hydrogen (secondary N) is 1. The van der Waals surface area contributed by atoms with Crippen LogP contribution in [0.15, 0.2) is 0 Å². The molecule has 0 aromatic heterocycles. The van der Waals surface area contributed by atoms with Crippen LogP contribution >= 0.6 is 0 Å². The van der Waals surface area contributed by atoms with E-state index in [1.807, 2.05) is 0 Å². The van der Waals surface area contributed by atoms with Crippen molar-refractivity contribution in [2.45, 2.75) is 32.4 Å². The van der Waals surface area contributed by atoms with Gasteiger partial charge < -0.3 is 15.2 Å². The van der Waals surface area contributed by atoms with Gasteiger partial charge >= 0.3 is 12.1 Å². The Kier molecular flexibility index (Phi) is 8.13. The Morgan fingerprint density at radius 3 is 2.53 bits per heavy atom. The van der Waals surface area contributed by atoms with E-state index >= 15 is 0 Å². The standard InChI is InChI=1S/C11H18F3NO4/c1-8(10(17)18)3-2-5-15-9(16)4-6-19-7-11(12,13)14/h8H,2-7H2,1H3,(H,15,16)(H,17,18). The predicted molar refractivity (Wildman–Crippen MR) is 60.5 cm³/mol. The van der Waals surface area contributed by atoms with Crippen LogP contribution in [0.2, 0.25) is 0 Å². The number of carbonyl (C=O) groups excluding carboxylic acids is 1. The molecule has 0 bridgehead atoms. The molecule has 0 aliphatic rings. The lowest BCUT2D eigenvalue weighted by molar-refractivity contribution is -0.174. The van der Waals surface area contributed by atoms with Crippen LogP contribution in [-0.4, -0.2) is 42.9 Å². The van der Waals surface area contributed by atoms with Gasteiger partial charge in [-0.15, -0.1) is 0 Å². The van der Waals surface area contributed by atoms with Gasteiger partial charge in [-0.05, 0) is 12.8 Å². The van der Waals surface area contributed by atoms with Gasteiger partial charge in [-0.1, -0.05) is 6.92 Å². The van der Waals surface area contributed by atoms with Gasteiger partial charge in [0.2, 0.25) is 5.91 Å². The summed E-state index contributed by atoms with van der Waals surface area (Å²) in [7, 11) is 0. The van der Waals surface area contributed by atoms with Crippen LogP contribution in [0.25, 0.3) is 0 Å². The van der Waals surface area contributed by atoms with Gasteiger partial charge in [0.25, 0.3) is 0 Å². The van der Waals surface area contributed by atoms with Crippen LogP contribution in [0.5, 0.6) is 0 Å². The molecule has 0 heterocycles. The van der Waals surface area contributed by atoms with Crippen molar-refractivity contribution in [1.29, 1.82) is 0 Å². The van der Waals surface area contributed by atoms with Crippen molar-refractivity contribution >= 4 is 11.9 Å². The SMILES string of the molecule is CC(CCCNC(=O)CCOCC(F)(F)F)C(=O)O. The number of alkyl halides is 3. The third-order valence-electron chi connectivity index (χ3n) is 2.30. The first-order valence-corrected chi connectivity index (χ1v) is 5.86. The highest BCUT2D eigenvalue weighted by atomic mass is 19.4. The largest absolute Gasteiger partial charge is 0.481 e. The quantitative estimate of drug-likeness (QED) is 0.631. The number of hydrogen-bond acceptors (Lipinski definition) is 3. The molecule has 0 spiro atoms. The number of amides is 1. The Morgan fingerprint density at radius 2 is 2.00 bits per heavy atom. The van der Waals surface area contributed by atoms with Crippen LogP contribution in [0.4, 0.5) is 13.2 Å². The maximum Gasteiger partial charge on any atom is 0.411 e. The lowest BCUT2D eigenvalue weighted by Gasteiger charge is -2.09. The minimum absolute atomic E-state index is 0.148. The molecule has 0 rings (SSSR count). The highest BCUT2D eigenvalue weighted by Crippen LogP contribution is 2.14. The molecule has 0 aromatic rings. The molecule has 0 aliphatic heterocycles. The number of carboxylic acid groups (broad SMARTS) is 1. The van der Waals surface area contributed by atoms with Crippen LogP contribution in [0.1, 0.15) is 26.2 Å². The zero-order chi connectivity index (χ0) is 14.9. The summed E-state index contributed by atoms with van der Waals surface area (Å²) in [6.07, 6.45) is -3.60. The van der Waals surface area contributed by atoms with Crippen molar-refractivity contribution in [3.8, 4) is 0 Å². The van der Waals surface area contributed by atoms with Crippen molar-refractivity contribution < 1.29 is 32.6 Å². The van der Waals surface area contributed by atoms with Gasteiger partial charge in [0, 0.05) is 13.0 Å². The van der Waals surface area contributed by atoms with Crippen molar-refractivity contribution in [1.82, 2.24) is 5.32 Å². The summed E-state index contributed by atoms with van der Waals surface area (Å²) in [5, 5.41) is 11.1. The van der Waals surface area contributed by atoms with Crippen LogP contribution in [-0.2, 0) is 14.3 Å². The Hall–Kier alpha value is -1.31. The summed E-state index contributed by atoms with van der Waals surface area (Å²) >= 11 is 0. The monoisotopic (exact) mass is 285 g/mol. The van der Waals surface area contributed by atoms with Crippen molar-refractivity contribution in [3.63, 3.8) is 0 Å². The van der Waals surface area contributed by atoms with Crippen molar-refractivity contribution in [2.24, 2.45) is 5.92 Å². The maximum atomic E-state index is 11.7. The lowest BCUT2D eigenvalue weighted by atomic mass is 10.1. The van der Waals surface area contributed by atoms with E-state index in [1.54, 1.807) is 6.92 Å². The average molecular weight is 285 g/mol. The van der Waals surface area contributed by atoms with Gasteiger partial charge in [0.15, 0.2) is 0 Å². The van der Waals surface area contributed by atoms with E-state index in [9.17, 15) is 22.8 Å². The van der Waals surface area contributed by atoms with Gasteiger partial charge in [-0.2, -0.15) is 13.2 Å². The molecule has 112 valence electrons. The Balaban J connectivity index is 3.48. The molecule has 5 nitrogen and oxygen atoms in total. The molecule has 8 heteroatoms. The number of carboxylic acids is 1. The van der Waals surface area contributed by atoms with E-state index in [-0.39, 0.29) is 13.0 Å². The summed E-state index contributed by atoms with van der Waals surface area (Å²) in [4.78, 5) is 21.6. The molecule has 1 amide bonds. The summed E-state index contributed by atoms with van der Waals surface area (Å²) in [6.45, 7) is 0.206. The van der Waals surface area contributed by atoms with Gasteiger partial charge in [0.05, 0.1) is 12.5 Å². The topological polar surface area (TPSA) is 75.6 Å². The molecular formula is C11H18F3NO4. The number of carbonyl (C=O) groups is 2. The molecule has 0 aromatic carbocycles. The smallest absolute Gasteiger partial charge is 0.411 e. The normalized spacial score (nSPS) is 13.1.